The molecule has 0 aliphatic heterocycles. The van der Waals surface area contributed by atoms with Crippen molar-refractivity contribution in [2.45, 2.75) is 31.9 Å². The molecule has 3 rings (SSSR count). The first-order valence-corrected chi connectivity index (χ1v) is 8.42. The molecule has 1 aliphatic rings. The van der Waals surface area contributed by atoms with Gasteiger partial charge < -0.3 is 10.1 Å². The second-order valence-corrected chi connectivity index (χ2v) is 7.08. The van der Waals surface area contributed by atoms with Crippen molar-refractivity contribution in [2.24, 2.45) is 0 Å². The Hall–Kier alpha value is -1.30. The van der Waals surface area contributed by atoms with Crippen molar-refractivity contribution in [2.75, 3.05) is 0 Å². The minimum Gasteiger partial charge on any atom is -0.448 e. The molecule has 1 amide bonds. The van der Waals surface area contributed by atoms with Crippen LogP contribution in [0.15, 0.2) is 18.2 Å². The molecule has 1 atom stereocenters. The lowest BCUT2D eigenvalue weighted by molar-refractivity contribution is -0.129. The molecule has 0 spiro atoms. The lowest BCUT2D eigenvalue weighted by Gasteiger charge is -2.12. The summed E-state index contributed by atoms with van der Waals surface area (Å²) in [5.74, 6) is -0.878. The Morgan fingerprint density at radius 2 is 2.09 bits per heavy atom. The first-order chi connectivity index (χ1) is 10.5. The van der Waals surface area contributed by atoms with Crippen molar-refractivity contribution in [3.8, 4) is 0 Å². The van der Waals surface area contributed by atoms with Gasteiger partial charge in [-0.3, -0.25) is 4.79 Å². The zero-order chi connectivity index (χ0) is 15.9. The van der Waals surface area contributed by atoms with Crippen LogP contribution in [0.3, 0.4) is 0 Å². The van der Waals surface area contributed by atoms with Crippen LogP contribution in [0.1, 0.15) is 29.4 Å². The molecule has 22 heavy (non-hydrogen) atoms. The van der Waals surface area contributed by atoms with Crippen LogP contribution in [0.25, 0.3) is 10.1 Å². The third-order valence-electron chi connectivity index (χ3n) is 3.35. The number of ether oxygens (including phenoxy) is 1. The highest BCUT2D eigenvalue weighted by atomic mass is 35.5. The maximum Gasteiger partial charge on any atom is 0.350 e. The van der Waals surface area contributed by atoms with Crippen LogP contribution in [0.4, 0.5) is 0 Å². The van der Waals surface area contributed by atoms with Gasteiger partial charge in [0, 0.05) is 21.2 Å². The van der Waals surface area contributed by atoms with Crippen molar-refractivity contribution < 1.29 is 14.3 Å². The molecule has 2 aromatic rings. The number of esters is 1. The van der Waals surface area contributed by atoms with Crippen LogP contribution in [0.2, 0.25) is 10.0 Å². The summed E-state index contributed by atoms with van der Waals surface area (Å²) in [5, 5.41) is 4.45. The normalized spacial score (nSPS) is 15.6. The molecule has 1 aliphatic carbocycles. The predicted octanol–water partition coefficient (Wildman–Crippen LogP) is 4.03. The average Bonchev–Trinajstić information content (AvgIpc) is 3.22. The number of carbonyl (C=O) groups is 2. The molecule has 0 saturated heterocycles. The first-order valence-electron chi connectivity index (χ1n) is 6.84. The summed E-state index contributed by atoms with van der Waals surface area (Å²) < 4.78 is 6.01. The summed E-state index contributed by atoms with van der Waals surface area (Å²) in [6, 6.07) is 5.44. The summed E-state index contributed by atoms with van der Waals surface area (Å²) in [4.78, 5) is 24.3. The first kappa shape index (κ1) is 15.6. The minimum atomic E-state index is -0.849. The van der Waals surface area contributed by atoms with Gasteiger partial charge in [-0.1, -0.05) is 29.3 Å². The maximum absolute atomic E-state index is 12.2. The van der Waals surface area contributed by atoms with E-state index in [1.165, 1.54) is 11.3 Å². The van der Waals surface area contributed by atoms with E-state index < -0.39 is 12.1 Å². The SMILES string of the molecule is C[C@H](OC(=O)c1sc2cc(Cl)ccc2c1Cl)C(=O)NC1CC1. The maximum atomic E-state index is 12.2. The monoisotopic (exact) mass is 357 g/mol. The molecule has 1 fully saturated rings. The average molecular weight is 358 g/mol. The van der Waals surface area contributed by atoms with E-state index in [1.54, 1.807) is 25.1 Å². The second-order valence-electron chi connectivity index (χ2n) is 5.22. The number of nitrogens with one attached hydrogen (secondary N) is 1. The van der Waals surface area contributed by atoms with Crippen molar-refractivity contribution in [3.05, 3.63) is 33.1 Å². The Morgan fingerprint density at radius 3 is 2.77 bits per heavy atom. The van der Waals surface area contributed by atoms with E-state index in [9.17, 15) is 9.59 Å². The zero-order valence-electron chi connectivity index (χ0n) is 11.7. The summed E-state index contributed by atoms with van der Waals surface area (Å²) in [7, 11) is 0. The standard InChI is InChI=1S/C15H13Cl2NO3S/c1-7(14(19)18-9-3-4-9)21-15(20)13-12(17)10-5-2-8(16)6-11(10)22-13/h2,5-7,9H,3-4H2,1H3,(H,18,19)/t7-/m0/s1. The van der Waals surface area contributed by atoms with Gasteiger partial charge in [0.1, 0.15) is 4.88 Å². The molecular weight excluding hydrogens is 345 g/mol. The third-order valence-corrected chi connectivity index (χ3v) is 5.23. The van der Waals surface area contributed by atoms with Crippen LogP contribution >= 0.6 is 34.5 Å². The lowest BCUT2D eigenvalue weighted by atomic mass is 10.2. The molecule has 4 nitrogen and oxygen atoms in total. The fraction of sp³-hybridized carbons (Fsp3) is 0.333. The zero-order valence-corrected chi connectivity index (χ0v) is 14.0. The van der Waals surface area contributed by atoms with E-state index in [0.29, 0.717) is 10.0 Å². The van der Waals surface area contributed by atoms with Crippen LogP contribution in [-0.2, 0) is 9.53 Å². The number of rotatable bonds is 4. The molecule has 1 heterocycles. The number of benzene rings is 1. The Kier molecular flexibility index (Phi) is 4.30. The minimum absolute atomic E-state index is 0.226. The second kappa shape index (κ2) is 6.07. The highest BCUT2D eigenvalue weighted by molar-refractivity contribution is 7.21. The van der Waals surface area contributed by atoms with E-state index >= 15 is 0 Å². The molecule has 116 valence electrons. The summed E-state index contributed by atoms with van der Waals surface area (Å²) in [6.07, 6.45) is 1.11. The van der Waals surface area contributed by atoms with Crippen LogP contribution in [0, 0.1) is 0 Å². The number of hydrogen-bond acceptors (Lipinski definition) is 4. The number of amides is 1. The molecule has 0 unspecified atom stereocenters. The van der Waals surface area contributed by atoms with Crippen molar-refractivity contribution in [3.63, 3.8) is 0 Å². The van der Waals surface area contributed by atoms with Crippen LogP contribution in [0.5, 0.6) is 0 Å². The van der Waals surface area contributed by atoms with Gasteiger partial charge in [-0.05, 0) is 31.9 Å². The molecule has 0 bridgehead atoms. The van der Waals surface area contributed by atoms with Crippen LogP contribution in [-0.4, -0.2) is 24.0 Å². The smallest absolute Gasteiger partial charge is 0.350 e. The molecule has 7 heteroatoms. The fourth-order valence-electron chi connectivity index (χ4n) is 1.98. The number of hydrogen-bond donors (Lipinski definition) is 1. The van der Waals surface area contributed by atoms with E-state index in [0.717, 1.165) is 22.9 Å². The van der Waals surface area contributed by atoms with Gasteiger partial charge in [-0.2, -0.15) is 0 Å². The third kappa shape index (κ3) is 3.21. The molecule has 1 saturated carbocycles. The quantitative estimate of drug-likeness (QED) is 0.840. The molecule has 0 radical (unpaired) electrons. The van der Waals surface area contributed by atoms with E-state index in [-0.39, 0.29) is 16.8 Å². The number of halogens is 2. The number of fused-ring (bicyclic) bond motifs is 1. The topological polar surface area (TPSA) is 55.4 Å². The van der Waals surface area contributed by atoms with Gasteiger partial charge >= 0.3 is 5.97 Å². The van der Waals surface area contributed by atoms with Crippen LogP contribution < -0.4 is 5.32 Å². The van der Waals surface area contributed by atoms with E-state index in [2.05, 4.69) is 5.32 Å². The lowest BCUT2D eigenvalue weighted by Crippen LogP contribution is -2.36. The Balaban J connectivity index is 1.76. The fourth-order valence-corrected chi connectivity index (χ4v) is 3.65. The Bertz CT molecular complexity index is 755. The number of carbonyl (C=O) groups excluding carboxylic acids is 2. The Labute approximate surface area is 141 Å². The predicted molar refractivity (Wildman–Crippen MR) is 87.9 cm³/mol. The van der Waals surface area contributed by atoms with E-state index in [4.69, 9.17) is 27.9 Å². The van der Waals surface area contributed by atoms with Gasteiger partial charge in [0.15, 0.2) is 6.10 Å². The Morgan fingerprint density at radius 1 is 1.36 bits per heavy atom. The molecular formula is C15H13Cl2NO3S. The molecule has 1 N–H and O–H groups in total. The number of thiophene rings is 1. The molecule has 1 aromatic carbocycles. The van der Waals surface area contributed by atoms with Gasteiger partial charge in [-0.25, -0.2) is 4.79 Å². The highest BCUT2D eigenvalue weighted by Crippen LogP contribution is 2.37. The van der Waals surface area contributed by atoms with Crippen molar-refractivity contribution in [1.29, 1.82) is 0 Å². The van der Waals surface area contributed by atoms with Gasteiger partial charge in [-0.15, -0.1) is 11.3 Å². The highest BCUT2D eigenvalue weighted by Gasteiger charge is 2.28. The summed E-state index contributed by atoms with van der Waals surface area (Å²) in [6.45, 7) is 1.55. The molecule has 1 aromatic heterocycles. The van der Waals surface area contributed by atoms with Gasteiger partial charge in [0.25, 0.3) is 5.91 Å². The van der Waals surface area contributed by atoms with Gasteiger partial charge in [0.05, 0.1) is 5.02 Å². The van der Waals surface area contributed by atoms with E-state index in [1.807, 2.05) is 0 Å². The largest absolute Gasteiger partial charge is 0.448 e. The summed E-state index contributed by atoms with van der Waals surface area (Å²) >= 11 is 13.4. The summed E-state index contributed by atoms with van der Waals surface area (Å²) in [5.41, 5.74) is 0. The van der Waals surface area contributed by atoms with Crippen molar-refractivity contribution in [1.82, 2.24) is 5.32 Å². The van der Waals surface area contributed by atoms with Gasteiger partial charge in [0.2, 0.25) is 0 Å². The van der Waals surface area contributed by atoms with Crippen molar-refractivity contribution >= 4 is 56.5 Å².